The molecule has 5 heteroatoms. The van der Waals surface area contributed by atoms with E-state index in [2.05, 4.69) is 0 Å². The molecule has 0 saturated heterocycles. The van der Waals surface area contributed by atoms with Crippen molar-refractivity contribution in [2.24, 2.45) is 0 Å². The Balaban J connectivity index is 2.35. The number of carbonyl (C=O) groups is 2. The van der Waals surface area contributed by atoms with Crippen LogP contribution in [0.2, 0.25) is 0 Å². The highest BCUT2D eigenvalue weighted by molar-refractivity contribution is 6.53. The van der Waals surface area contributed by atoms with E-state index in [1.165, 1.54) is 21.3 Å². The van der Waals surface area contributed by atoms with Gasteiger partial charge < -0.3 is 14.2 Å². The zero-order valence-corrected chi connectivity index (χ0v) is 12.4. The number of ketones is 2. The molecular weight excluding hydrogens is 284 g/mol. The average Bonchev–Trinajstić information content (AvgIpc) is 2.57. The molecule has 0 aromatic heterocycles. The van der Waals surface area contributed by atoms with Crippen LogP contribution in [-0.4, -0.2) is 32.9 Å². The van der Waals surface area contributed by atoms with Crippen LogP contribution in [0.25, 0.3) is 11.1 Å². The Morgan fingerprint density at radius 2 is 1.32 bits per heavy atom. The third-order valence-electron chi connectivity index (χ3n) is 3.72. The number of benzene rings is 2. The van der Waals surface area contributed by atoms with Crippen molar-refractivity contribution in [2.75, 3.05) is 21.3 Å². The molecule has 3 rings (SSSR count). The standard InChI is InChI=1S/C17H14O5/c1-20-9-4-5-11-12(6-9)16(18)17(19)13-7-10(21-2)8-14(22-3)15(11)13/h4-8H,1-3H3. The van der Waals surface area contributed by atoms with Crippen LogP contribution < -0.4 is 14.2 Å². The largest absolute Gasteiger partial charge is 0.497 e. The molecule has 0 bridgehead atoms. The molecule has 1 aliphatic rings. The Morgan fingerprint density at radius 1 is 0.682 bits per heavy atom. The summed E-state index contributed by atoms with van der Waals surface area (Å²) in [6.07, 6.45) is 0. The third-order valence-corrected chi connectivity index (χ3v) is 3.72. The van der Waals surface area contributed by atoms with Crippen molar-refractivity contribution in [3.05, 3.63) is 41.5 Å². The maximum absolute atomic E-state index is 12.4. The molecule has 2 aromatic rings. The van der Waals surface area contributed by atoms with Gasteiger partial charge in [0, 0.05) is 22.8 Å². The lowest BCUT2D eigenvalue weighted by Crippen LogP contribution is -2.21. The fourth-order valence-corrected chi connectivity index (χ4v) is 2.63. The van der Waals surface area contributed by atoms with Gasteiger partial charge in [-0.05, 0) is 29.8 Å². The monoisotopic (exact) mass is 298 g/mol. The van der Waals surface area contributed by atoms with Crippen LogP contribution in [0, 0.1) is 0 Å². The summed E-state index contributed by atoms with van der Waals surface area (Å²) in [4.78, 5) is 24.8. The van der Waals surface area contributed by atoms with E-state index in [4.69, 9.17) is 14.2 Å². The number of rotatable bonds is 3. The Morgan fingerprint density at radius 3 is 1.95 bits per heavy atom. The molecule has 5 nitrogen and oxygen atoms in total. The highest BCUT2D eigenvalue weighted by Gasteiger charge is 2.33. The fourth-order valence-electron chi connectivity index (χ4n) is 2.63. The number of methoxy groups -OCH3 is 3. The summed E-state index contributed by atoms with van der Waals surface area (Å²) in [7, 11) is 4.52. The number of hydrogen-bond donors (Lipinski definition) is 0. The van der Waals surface area contributed by atoms with Crippen LogP contribution in [-0.2, 0) is 0 Å². The lowest BCUT2D eigenvalue weighted by atomic mass is 9.83. The minimum Gasteiger partial charge on any atom is -0.497 e. The molecule has 1 aliphatic carbocycles. The molecule has 0 atom stereocenters. The maximum atomic E-state index is 12.4. The summed E-state index contributed by atoms with van der Waals surface area (Å²) < 4.78 is 15.7. The van der Waals surface area contributed by atoms with Crippen LogP contribution in [0.5, 0.6) is 17.2 Å². The van der Waals surface area contributed by atoms with E-state index >= 15 is 0 Å². The number of ether oxygens (including phenoxy) is 3. The molecule has 22 heavy (non-hydrogen) atoms. The molecular formula is C17H14O5. The number of carbonyl (C=O) groups excluding carboxylic acids is 2. The lowest BCUT2D eigenvalue weighted by Gasteiger charge is -2.21. The van der Waals surface area contributed by atoms with E-state index in [9.17, 15) is 9.59 Å². The van der Waals surface area contributed by atoms with E-state index in [0.29, 0.717) is 39.5 Å². The molecule has 0 unspecified atom stereocenters. The summed E-state index contributed by atoms with van der Waals surface area (Å²) >= 11 is 0. The summed E-state index contributed by atoms with van der Waals surface area (Å²) in [6, 6.07) is 8.32. The van der Waals surface area contributed by atoms with Crippen molar-refractivity contribution >= 4 is 11.6 Å². The third kappa shape index (κ3) is 1.94. The maximum Gasteiger partial charge on any atom is 0.234 e. The van der Waals surface area contributed by atoms with Crippen LogP contribution in [0.4, 0.5) is 0 Å². The molecule has 2 aromatic carbocycles. The van der Waals surface area contributed by atoms with Crippen molar-refractivity contribution in [3.8, 4) is 28.4 Å². The number of hydrogen-bond acceptors (Lipinski definition) is 5. The van der Waals surface area contributed by atoms with Gasteiger partial charge in [-0.2, -0.15) is 0 Å². The lowest BCUT2D eigenvalue weighted by molar-refractivity contribution is 0.0815. The van der Waals surface area contributed by atoms with Crippen molar-refractivity contribution in [1.29, 1.82) is 0 Å². The van der Waals surface area contributed by atoms with Crippen LogP contribution in [0.3, 0.4) is 0 Å². The summed E-state index contributed by atoms with van der Waals surface area (Å²) in [6.45, 7) is 0. The van der Waals surface area contributed by atoms with Gasteiger partial charge >= 0.3 is 0 Å². The zero-order chi connectivity index (χ0) is 15.9. The van der Waals surface area contributed by atoms with Crippen LogP contribution in [0.15, 0.2) is 30.3 Å². The summed E-state index contributed by atoms with van der Waals surface area (Å²) in [5.74, 6) is 0.343. The Kier molecular flexibility index (Phi) is 3.33. The second-order valence-corrected chi connectivity index (χ2v) is 4.82. The van der Waals surface area contributed by atoms with E-state index in [-0.39, 0.29) is 0 Å². The summed E-state index contributed by atoms with van der Waals surface area (Å²) in [5.41, 5.74) is 1.87. The minimum atomic E-state index is -0.576. The van der Waals surface area contributed by atoms with Crippen molar-refractivity contribution in [3.63, 3.8) is 0 Å². The van der Waals surface area contributed by atoms with E-state index in [0.717, 1.165) is 0 Å². The smallest absolute Gasteiger partial charge is 0.234 e. The molecule has 0 N–H and O–H groups in total. The average molecular weight is 298 g/mol. The zero-order valence-electron chi connectivity index (χ0n) is 12.4. The highest BCUT2D eigenvalue weighted by Crippen LogP contribution is 2.43. The second-order valence-electron chi connectivity index (χ2n) is 4.82. The molecule has 0 aliphatic heterocycles. The molecule has 0 heterocycles. The number of Topliss-reactive ketones (excluding diaryl/α,β-unsaturated/α-hetero) is 2. The topological polar surface area (TPSA) is 61.8 Å². The Hall–Kier alpha value is -2.82. The van der Waals surface area contributed by atoms with E-state index < -0.39 is 11.6 Å². The first-order chi connectivity index (χ1) is 10.6. The van der Waals surface area contributed by atoms with Crippen LogP contribution >= 0.6 is 0 Å². The van der Waals surface area contributed by atoms with Gasteiger partial charge in [-0.3, -0.25) is 9.59 Å². The van der Waals surface area contributed by atoms with Gasteiger partial charge in [-0.1, -0.05) is 0 Å². The first-order valence-corrected chi connectivity index (χ1v) is 6.64. The second kappa shape index (κ2) is 5.18. The number of fused-ring (bicyclic) bond motifs is 3. The fraction of sp³-hybridized carbons (Fsp3) is 0.176. The van der Waals surface area contributed by atoms with Gasteiger partial charge in [0.1, 0.15) is 17.2 Å². The van der Waals surface area contributed by atoms with Crippen molar-refractivity contribution in [1.82, 2.24) is 0 Å². The van der Waals surface area contributed by atoms with Gasteiger partial charge in [-0.15, -0.1) is 0 Å². The molecule has 0 radical (unpaired) electrons. The van der Waals surface area contributed by atoms with Crippen molar-refractivity contribution in [2.45, 2.75) is 0 Å². The van der Waals surface area contributed by atoms with E-state index in [1.807, 2.05) is 0 Å². The molecule has 0 amide bonds. The van der Waals surface area contributed by atoms with Gasteiger partial charge in [0.25, 0.3) is 0 Å². The SMILES string of the molecule is COc1ccc2c(c1)C(=O)C(=O)c1cc(OC)cc(OC)c1-2. The van der Waals surface area contributed by atoms with Gasteiger partial charge in [0.15, 0.2) is 0 Å². The minimum absolute atomic E-state index is 0.291. The predicted molar refractivity (Wildman–Crippen MR) is 80.2 cm³/mol. The van der Waals surface area contributed by atoms with Crippen molar-refractivity contribution < 1.29 is 23.8 Å². The van der Waals surface area contributed by atoms with Gasteiger partial charge in [0.2, 0.25) is 11.6 Å². The normalized spacial score (nSPS) is 12.5. The molecule has 0 saturated carbocycles. The Labute approximate surface area is 127 Å². The van der Waals surface area contributed by atoms with Gasteiger partial charge in [0.05, 0.1) is 21.3 Å². The molecule has 112 valence electrons. The summed E-state index contributed by atoms with van der Waals surface area (Å²) in [5, 5.41) is 0. The quantitative estimate of drug-likeness (QED) is 0.815. The molecule has 0 fully saturated rings. The predicted octanol–water partition coefficient (Wildman–Crippen LogP) is 2.76. The highest BCUT2D eigenvalue weighted by atomic mass is 16.5. The first-order valence-electron chi connectivity index (χ1n) is 6.64. The van der Waals surface area contributed by atoms with Crippen LogP contribution in [0.1, 0.15) is 20.7 Å². The van der Waals surface area contributed by atoms with E-state index in [1.54, 1.807) is 30.3 Å². The van der Waals surface area contributed by atoms with Gasteiger partial charge in [-0.25, -0.2) is 0 Å². The molecule has 0 spiro atoms. The Bertz CT molecular complexity index is 792. The first kappa shape index (κ1) is 14.1.